The van der Waals surface area contributed by atoms with Crippen LogP contribution in [0.25, 0.3) is 10.8 Å². The van der Waals surface area contributed by atoms with Crippen molar-refractivity contribution >= 4 is 44.6 Å². The third kappa shape index (κ3) is 8.83. The molecule has 3 N–H and O–H groups in total. The van der Waals surface area contributed by atoms with Gasteiger partial charge in [0.2, 0.25) is 27.7 Å². The lowest BCUT2D eigenvalue weighted by Crippen LogP contribution is -2.60. The van der Waals surface area contributed by atoms with Gasteiger partial charge in [-0.15, -0.1) is 0 Å². The van der Waals surface area contributed by atoms with E-state index in [1.165, 1.54) is 18.2 Å². The Morgan fingerprint density at radius 2 is 1.79 bits per heavy atom. The van der Waals surface area contributed by atoms with Crippen molar-refractivity contribution in [1.82, 2.24) is 25.2 Å². The fourth-order valence-corrected chi connectivity index (χ4v) is 9.31. The second kappa shape index (κ2) is 15.8. The number of nitrogens with one attached hydrogen (secondary N) is 3. The Morgan fingerprint density at radius 3 is 2.43 bits per heavy atom. The van der Waals surface area contributed by atoms with Crippen molar-refractivity contribution in [1.29, 1.82) is 0 Å². The van der Waals surface area contributed by atoms with Gasteiger partial charge in [-0.25, -0.2) is 22.6 Å². The molecule has 1 saturated heterocycles. The summed E-state index contributed by atoms with van der Waals surface area (Å²) in [4.78, 5) is 61.9. The summed E-state index contributed by atoms with van der Waals surface area (Å²) in [6, 6.07) is 4.38. The van der Waals surface area contributed by atoms with Crippen LogP contribution in [0.15, 0.2) is 42.6 Å². The Kier molecular flexibility index (Phi) is 11.7. The minimum atomic E-state index is -4.65. The minimum Gasteiger partial charge on any atom is -0.494 e. The average Bonchev–Trinajstić information content (AvgIpc) is 4.05. The molecular weight excluding hydrogens is 791 g/mol. The van der Waals surface area contributed by atoms with Crippen LogP contribution in [-0.4, -0.2) is 103 Å². The Balaban J connectivity index is 1.34. The topological polar surface area (TPSA) is 182 Å². The molecular formula is C39H49F4N5O9S. The molecule has 7 atom stereocenters. The number of carbonyl (C=O) groups excluding carboxylic acids is 4. The second-order valence-electron chi connectivity index (χ2n) is 16.6. The number of carbonyl (C=O) groups is 4. The lowest BCUT2D eigenvalue weighted by atomic mass is 9.85. The Bertz CT molecular complexity index is 2080. The normalized spacial score (nSPS) is 29.2. The highest BCUT2D eigenvalue weighted by atomic mass is 32.2. The number of ether oxygens (including phenoxy) is 3. The first kappa shape index (κ1) is 42.9. The summed E-state index contributed by atoms with van der Waals surface area (Å²) >= 11 is 0. The number of halogens is 4. The lowest BCUT2D eigenvalue weighted by molar-refractivity contribution is -0.169. The average molecular weight is 840 g/mol. The zero-order chi connectivity index (χ0) is 42.4. The van der Waals surface area contributed by atoms with Gasteiger partial charge in [0.25, 0.3) is 5.91 Å². The van der Waals surface area contributed by atoms with Gasteiger partial charge in [0.15, 0.2) is 0 Å². The van der Waals surface area contributed by atoms with Crippen molar-refractivity contribution in [3.63, 3.8) is 0 Å². The number of alkyl halides is 4. The van der Waals surface area contributed by atoms with E-state index >= 15 is 0 Å². The molecule has 0 spiro atoms. The predicted molar refractivity (Wildman–Crippen MR) is 202 cm³/mol. The van der Waals surface area contributed by atoms with Gasteiger partial charge in [0.1, 0.15) is 46.5 Å². The predicted octanol–water partition coefficient (Wildman–Crippen LogP) is 4.86. The van der Waals surface area contributed by atoms with Crippen LogP contribution in [0.1, 0.15) is 72.6 Å². The molecule has 4 aliphatic rings. The number of rotatable bonds is 10. The van der Waals surface area contributed by atoms with Crippen molar-refractivity contribution in [3.8, 4) is 11.6 Å². The van der Waals surface area contributed by atoms with E-state index in [2.05, 4.69) is 15.6 Å². The van der Waals surface area contributed by atoms with E-state index in [1.807, 2.05) is 11.6 Å². The maximum atomic E-state index is 14.8. The minimum absolute atomic E-state index is 0.0251. The number of hydrogen-bond donors (Lipinski definition) is 3. The van der Waals surface area contributed by atoms with Crippen LogP contribution in [0.3, 0.4) is 0 Å². The third-order valence-corrected chi connectivity index (χ3v) is 13.9. The number of allylic oxidation sites excluding steroid dienone is 1. The molecule has 318 valence electrons. The number of benzene rings is 1. The molecule has 4 amide bonds. The van der Waals surface area contributed by atoms with E-state index < -0.39 is 99.0 Å². The highest BCUT2D eigenvalue weighted by Gasteiger charge is 2.64. The number of nitrogens with zero attached hydrogens (tertiary/aromatic N) is 2. The van der Waals surface area contributed by atoms with Gasteiger partial charge in [-0.3, -0.25) is 19.1 Å². The highest BCUT2D eigenvalue weighted by molar-refractivity contribution is 7.91. The first-order valence-electron chi connectivity index (χ1n) is 19.2. The number of pyridine rings is 1. The van der Waals surface area contributed by atoms with E-state index in [0.29, 0.717) is 29.4 Å². The number of fused-ring (bicyclic) bond motifs is 3. The van der Waals surface area contributed by atoms with E-state index in [-0.39, 0.29) is 44.0 Å². The van der Waals surface area contributed by atoms with Gasteiger partial charge >= 0.3 is 12.3 Å². The molecule has 1 aromatic carbocycles. The van der Waals surface area contributed by atoms with Crippen LogP contribution >= 0.6 is 0 Å². The van der Waals surface area contributed by atoms with Crippen LogP contribution in [0.2, 0.25) is 0 Å². The summed E-state index contributed by atoms with van der Waals surface area (Å²) in [7, 11) is -2.96. The number of hydrogen-bond acceptors (Lipinski definition) is 10. The number of sulfonamides is 1. The molecule has 14 nitrogen and oxygen atoms in total. The van der Waals surface area contributed by atoms with Gasteiger partial charge in [0.05, 0.1) is 26.3 Å². The molecule has 0 unspecified atom stereocenters. The molecule has 3 fully saturated rings. The molecule has 0 radical (unpaired) electrons. The molecule has 6 rings (SSSR count). The largest absolute Gasteiger partial charge is 0.494 e. The van der Waals surface area contributed by atoms with Crippen molar-refractivity contribution in [2.24, 2.45) is 17.8 Å². The van der Waals surface area contributed by atoms with Crippen LogP contribution in [-0.2, 0) is 29.1 Å². The van der Waals surface area contributed by atoms with Crippen LogP contribution in [0.4, 0.5) is 22.4 Å². The SMILES string of the molecule is COc1cnc(O[C@@H]2C[C@H]3C(=O)N[C@]4(C(=O)NS(=O)(=O)C5(CF)CC5)C[C@H]4/C=C\CC[C@@H](C)[C@@H](C)[C@H](NC(=O)OC(C)(C)CC(F)(F)F)C(=O)N3C2)c2ccccc12. The molecule has 2 saturated carbocycles. The maximum Gasteiger partial charge on any atom is 0.408 e. The quantitative estimate of drug-likeness (QED) is 0.221. The summed E-state index contributed by atoms with van der Waals surface area (Å²) in [5, 5.41) is 6.47. The Hall–Kier alpha value is -4.68. The molecule has 1 aromatic heterocycles. The van der Waals surface area contributed by atoms with Gasteiger partial charge in [-0.1, -0.05) is 44.2 Å². The van der Waals surface area contributed by atoms with E-state index in [9.17, 15) is 45.2 Å². The Morgan fingerprint density at radius 1 is 1.10 bits per heavy atom. The number of amides is 4. The standard InChI is InChI=1S/C39H49F4N5O9S/c1-22-10-6-7-11-24-17-38(24,34(51)47-58(53,54)37(21-40)14-15-37)46-31(49)28-16-25(56-32-27-13-9-8-12-26(27)29(55-5)18-44-32)19-48(28)33(50)30(23(22)2)45-35(52)57-36(3,4)20-39(41,42)43/h7-9,11-13,18,22-25,28,30H,6,10,14-17,19-21H2,1-5H3,(H,45,52)(H,46,49)(H,47,51)/b11-7-/t22-,23-,24-,25-,28+,30+,38-/m1/s1. The van der Waals surface area contributed by atoms with Gasteiger partial charge in [-0.2, -0.15) is 13.2 Å². The fourth-order valence-electron chi connectivity index (χ4n) is 7.88. The van der Waals surface area contributed by atoms with Crippen molar-refractivity contribution < 1.29 is 59.4 Å². The summed E-state index contributed by atoms with van der Waals surface area (Å²) < 4.78 is 97.3. The summed E-state index contributed by atoms with van der Waals surface area (Å²) in [5.74, 6) is -3.51. The first-order chi connectivity index (χ1) is 27.1. The van der Waals surface area contributed by atoms with Gasteiger partial charge in [-0.05, 0) is 63.9 Å². The molecule has 2 aliphatic carbocycles. The monoisotopic (exact) mass is 839 g/mol. The second-order valence-corrected chi connectivity index (χ2v) is 18.7. The molecule has 19 heteroatoms. The highest BCUT2D eigenvalue weighted by Crippen LogP contribution is 2.48. The van der Waals surface area contributed by atoms with E-state index in [0.717, 1.165) is 13.8 Å². The van der Waals surface area contributed by atoms with Crippen molar-refractivity contribution in [2.75, 3.05) is 20.3 Å². The molecule has 58 heavy (non-hydrogen) atoms. The fraction of sp³-hybridized carbons (Fsp3) is 0.615. The first-order valence-corrected chi connectivity index (χ1v) is 20.7. The summed E-state index contributed by atoms with van der Waals surface area (Å²) in [5.41, 5.74) is -3.73. The van der Waals surface area contributed by atoms with Gasteiger partial charge < -0.3 is 29.7 Å². The van der Waals surface area contributed by atoms with Crippen molar-refractivity contribution in [2.45, 2.75) is 113 Å². The smallest absolute Gasteiger partial charge is 0.408 e. The number of alkyl carbamates (subject to hydrolysis) is 1. The number of aromatic nitrogens is 1. The Labute approximate surface area is 333 Å². The summed E-state index contributed by atoms with van der Waals surface area (Å²) in [6.07, 6.45) is -2.47. The van der Waals surface area contributed by atoms with Crippen LogP contribution in [0.5, 0.6) is 11.6 Å². The molecule has 0 bridgehead atoms. The maximum absolute atomic E-state index is 14.8. The third-order valence-electron chi connectivity index (χ3n) is 11.8. The lowest BCUT2D eigenvalue weighted by Gasteiger charge is -2.35. The number of methoxy groups -OCH3 is 1. The van der Waals surface area contributed by atoms with Gasteiger partial charge in [0, 0.05) is 23.1 Å². The van der Waals surface area contributed by atoms with Crippen molar-refractivity contribution in [3.05, 3.63) is 42.6 Å². The van der Waals surface area contributed by atoms with E-state index in [4.69, 9.17) is 14.2 Å². The molecule has 3 heterocycles. The summed E-state index contributed by atoms with van der Waals surface area (Å²) in [6.45, 7) is 4.33. The molecule has 2 aromatic rings. The zero-order valence-electron chi connectivity index (χ0n) is 32.9. The van der Waals surface area contributed by atoms with Crippen LogP contribution < -0.4 is 24.8 Å². The van der Waals surface area contributed by atoms with Crippen LogP contribution in [0, 0.1) is 17.8 Å². The van der Waals surface area contributed by atoms with E-state index in [1.54, 1.807) is 43.3 Å². The molecule has 2 aliphatic heterocycles. The zero-order valence-corrected chi connectivity index (χ0v) is 33.7.